The van der Waals surface area contributed by atoms with Gasteiger partial charge in [-0.05, 0) is 43.7 Å². The molecule has 3 heteroatoms. The van der Waals surface area contributed by atoms with Crippen molar-refractivity contribution < 1.29 is 4.39 Å². The fourth-order valence-electron chi connectivity index (χ4n) is 3.07. The van der Waals surface area contributed by atoms with E-state index < -0.39 is 0 Å². The Morgan fingerprint density at radius 3 is 2.90 bits per heavy atom. The lowest BCUT2D eigenvalue weighted by atomic mass is 9.93. The van der Waals surface area contributed by atoms with E-state index >= 15 is 0 Å². The van der Waals surface area contributed by atoms with Gasteiger partial charge in [0.25, 0.3) is 0 Å². The van der Waals surface area contributed by atoms with Crippen LogP contribution in [0.2, 0.25) is 0 Å². The first-order chi connectivity index (χ1) is 9.65. The van der Waals surface area contributed by atoms with E-state index in [2.05, 4.69) is 24.8 Å². The quantitative estimate of drug-likeness (QED) is 0.889. The summed E-state index contributed by atoms with van der Waals surface area (Å²) in [5.41, 5.74) is 7.91. The van der Waals surface area contributed by atoms with Gasteiger partial charge in [-0.2, -0.15) is 0 Å². The van der Waals surface area contributed by atoms with Gasteiger partial charge in [-0.25, -0.2) is 4.39 Å². The number of halogens is 1. The number of piperidine rings is 1. The predicted molar refractivity (Wildman–Crippen MR) is 83.6 cm³/mol. The normalized spacial score (nSPS) is 21.0. The number of nitrogens with zero attached hydrogens (tertiary/aromatic N) is 1. The molecule has 0 bridgehead atoms. The smallest absolute Gasteiger partial charge is 0.128 e. The summed E-state index contributed by atoms with van der Waals surface area (Å²) in [5, 5.41) is 0. The van der Waals surface area contributed by atoms with Crippen LogP contribution in [0.4, 0.5) is 10.1 Å². The van der Waals surface area contributed by atoms with Crippen molar-refractivity contribution in [3.05, 3.63) is 29.6 Å². The monoisotopic (exact) mass is 278 g/mol. The highest BCUT2D eigenvalue weighted by molar-refractivity contribution is 5.55. The summed E-state index contributed by atoms with van der Waals surface area (Å²) in [7, 11) is 0. The molecule has 1 aliphatic rings. The lowest BCUT2D eigenvalue weighted by molar-refractivity contribution is 0.403. The molecular weight excluding hydrogens is 251 g/mol. The van der Waals surface area contributed by atoms with Crippen molar-refractivity contribution in [1.29, 1.82) is 0 Å². The van der Waals surface area contributed by atoms with Crippen molar-refractivity contribution in [2.75, 3.05) is 18.0 Å². The molecule has 0 aromatic heterocycles. The Morgan fingerprint density at radius 1 is 1.40 bits per heavy atom. The second kappa shape index (κ2) is 7.07. The van der Waals surface area contributed by atoms with E-state index in [0.717, 1.165) is 36.7 Å². The molecule has 112 valence electrons. The SMILES string of the molecule is CCC(N)Cc1c(F)cccc1N1CCCC(CC)C1. The maximum Gasteiger partial charge on any atom is 0.128 e. The van der Waals surface area contributed by atoms with Crippen LogP contribution >= 0.6 is 0 Å². The topological polar surface area (TPSA) is 29.3 Å². The maximum atomic E-state index is 14.2. The molecule has 20 heavy (non-hydrogen) atoms. The van der Waals surface area contributed by atoms with Crippen LogP contribution in [0.5, 0.6) is 0 Å². The molecule has 0 saturated carbocycles. The van der Waals surface area contributed by atoms with Gasteiger partial charge >= 0.3 is 0 Å². The van der Waals surface area contributed by atoms with E-state index in [0.29, 0.717) is 6.42 Å². The van der Waals surface area contributed by atoms with Crippen molar-refractivity contribution >= 4 is 5.69 Å². The number of benzene rings is 1. The molecule has 0 aliphatic carbocycles. The van der Waals surface area contributed by atoms with Crippen molar-refractivity contribution in [2.24, 2.45) is 11.7 Å². The van der Waals surface area contributed by atoms with Crippen LogP contribution in [0.25, 0.3) is 0 Å². The molecule has 1 fully saturated rings. The van der Waals surface area contributed by atoms with Gasteiger partial charge in [0.1, 0.15) is 5.82 Å². The molecule has 0 radical (unpaired) electrons. The Hall–Kier alpha value is -1.09. The minimum atomic E-state index is -0.106. The molecule has 2 rings (SSSR count). The third-order valence-electron chi connectivity index (χ3n) is 4.52. The second-order valence-electron chi connectivity index (χ2n) is 5.97. The molecular formula is C17H27FN2. The summed E-state index contributed by atoms with van der Waals surface area (Å²) < 4.78 is 14.2. The average Bonchev–Trinajstić information content (AvgIpc) is 2.49. The maximum absolute atomic E-state index is 14.2. The molecule has 2 N–H and O–H groups in total. The third kappa shape index (κ3) is 3.51. The number of hydrogen-bond donors (Lipinski definition) is 1. The van der Waals surface area contributed by atoms with E-state index in [4.69, 9.17) is 5.73 Å². The molecule has 1 aliphatic heterocycles. The zero-order valence-corrected chi connectivity index (χ0v) is 12.7. The Balaban J connectivity index is 2.23. The number of hydrogen-bond acceptors (Lipinski definition) is 2. The summed E-state index contributed by atoms with van der Waals surface area (Å²) in [6.45, 7) is 6.38. The highest BCUT2D eigenvalue weighted by Gasteiger charge is 2.22. The Labute approximate surface area is 122 Å². The third-order valence-corrected chi connectivity index (χ3v) is 4.52. The largest absolute Gasteiger partial charge is 0.371 e. The first-order valence-electron chi connectivity index (χ1n) is 7.93. The van der Waals surface area contributed by atoms with E-state index in [1.165, 1.54) is 19.3 Å². The van der Waals surface area contributed by atoms with E-state index in [9.17, 15) is 4.39 Å². The number of anilines is 1. The Kier molecular flexibility index (Phi) is 5.41. The van der Waals surface area contributed by atoms with Crippen LogP contribution in [-0.2, 0) is 6.42 Å². The fraction of sp³-hybridized carbons (Fsp3) is 0.647. The number of nitrogens with two attached hydrogens (primary N) is 1. The highest BCUT2D eigenvalue weighted by Crippen LogP contribution is 2.30. The molecule has 1 saturated heterocycles. The first-order valence-corrected chi connectivity index (χ1v) is 7.93. The van der Waals surface area contributed by atoms with Gasteiger partial charge in [-0.3, -0.25) is 0 Å². The second-order valence-corrected chi connectivity index (χ2v) is 5.97. The van der Waals surface area contributed by atoms with Gasteiger partial charge in [0.15, 0.2) is 0 Å². The number of rotatable bonds is 5. The van der Waals surface area contributed by atoms with Crippen LogP contribution in [0.15, 0.2) is 18.2 Å². The minimum absolute atomic E-state index is 0.0393. The highest BCUT2D eigenvalue weighted by atomic mass is 19.1. The lowest BCUT2D eigenvalue weighted by Gasteiger charge is -2.35. The fourth-order valence-corrected chi connectivity index (χ4v) is 3.07. The molecule has 1 aromatic rings. The van der Waals surface area contributed by atoms with Gasteiger partial charge < -0.3 is 10.6 Å². The zero-order chi connectivity index (χ0) is 14.5. The van der Waals surface area contributed by atoms with Crippen LogP contribution in [0, 0.1) is 11.7 Å². The molecule has 2 unspecified atom stereocenters. The summed E-state index contributed by atoms with van der Waals surface area (Å²) in [4.78, 5) is 2.36. The van der Waals surface area contributed by atoms with Gasteiger partial charge in [-0.15, -0.1) is 0 Å². The van der Waals surface area contributed by atoms with E-state index in [1.54, 1.807) is 6.07 Å². The van der Waals surface area contributed by atoms with Gasteiger partial charge in [0, 0.05) is 30.4 Å². The lowest BCUT2D eigenvalue weighted by Crippen LogP contribution is -2.36. The summed E-state index contributed by atoms with van der Waals surface area (Å²) in [6.07, 6.45) is 5.22. The first kappa shape index (κ1) is 15.3. The zero-order valence-electron chi connectivity index (χ0n) is 12.7. The summed E-state index contributed by atoms with van der Waals surface area (Å²) in [5.74, 6) is 0.629. The van der Waals surface area contributed by atoms with Gasteiger partial charge in [0.05, 0.1) is 0 Å². The summed E-state index contributed by atoms with van der Waals surface area (Å²) in [6, 6.07) is 5.47. The minimum Gasteiger partial charge on any atom is -0.371 e. The molecule has 0 amide bonds. The van der Waals surface area contributed by atoms with Crippen LogP contribution < -0.4 is 10.6 Å². The molecule has 2 atom stereocenters. The molecule has 2 nitrogen and oxygen atoms in total. The standard InChI is InChI=1S/C17H27FN2/c1-3-13-7-6-10-20(12-13)17-9-5-8-16(18)15(17)11-14(19)4-2/h5,8-9,13-14H,3-4,6-7,10-12,19H2,1-2H3. The van der Waals surface area contributed by atoms with Gasteiger partial charge in [-0.1, -0.05) is 26.3 Å². The van der Waals surface area contributed by atoms with E-state index in [1.807, 2.05) is 6.07 Å². The Morgan fingerprint density at radius 2 is 2.20 bits per heavy atom. The van der Waals surface area contributed by atoms with Crippen LogP contribution in [0.3, 0.4) is 0 Å². The van der Waals surface area contributed by atoms with Crippen LogP contribution in [-0.4, -0.2) is 19.1 Å². The van der Waals surface area contributed by atoms with Gasteiger partial charge in [0.2, 0.25) is 0 Å². The van der Waals surface area contributed by atoms with Crippen molar-refractivity contribution in [1.82, 2.24) is 0 Å². The molecule has 1 aromatic carbocycles. The van der Waals surface area contributed by atoms with Crippen molar-refractivity contribution in [3.8, 4) is 0 Å². The van der Waals surface area contributed by atoms with Crippen LogP contribution in [0.1, 0.15) is 45.1 Å². The van der Waals surface area contributed by atoms with Crippen molar-refractivity contribution in [3.63, 3.8) is 0 Å². The predicted octanol–water partition coefficient (Wildman–Crippen LogP) is 3.73. The van der Waals surface area contributed by atoms with E-state index in [-0.39, 0.29) is 11.9 Å². The molecule has 1 heterocycles. The van der Waals surface area contributed by atoms with Crippen molar-refractivity contribution in [2.45, 2.75) is 52.0 Å². The summed E-state index contributed by atoms with van der Waals surface area (Å²) >= 11 is 0. The average molecular weight is 278 g/mol. The molecule has 0 spiro atoms. The Bertz CT molecular complexity index is 433.